The third-order valence-corrected chi connectivity index (χ3v) is 8.83. The minimum Gasteiger partial charge on any atom is -0.495 e. The van der Waals surface area contributed by atoms with Gasteiger partial charge in [-0.05, 0) is 41.5 Å². The van der Waals surface area contributed by atoms with Crippen LogP contribution < -0.4 is 14.4 Å². The van der Waals surface area contributed by atoms with Crippen molar-refractivity contribution in [2.24, 2.45) is 0 Å². The van der Waals surface area contributed by atoms with Crippen molar-refractivity contribution in [3.63, 3.8) is 0 Å². The van der Waals surface area contributed by atoms with Crippen LogP contribution in [0.25, 0.3) is 0 Å². The summed E-state index contributed by atoms with van der Waals surface area (Å²) in [5.41, 5.74) is 1.82. The summed E-state index contributed by atoms with van der Waals surface area (Å²) >= 11 is 6.38. The number of methoxy groups -OCH3 is 1. The summed E-state index contributed by atoms with van der Waals surface area (Å²) in [6, 6.07) is 30.1. The third kappa shape index (κ3) is 7.29. The second-order valence-electron chi connectivity index (χ2n) is 9.47. The van der Waals surface area contributed by atoms with Gasteiger partial charge in [-0.2, -0.15) is 0 Å². The molecule has 0 fully saturated rings. The SMILES string of the molecule is CNC(=O)[C@H](Cc1ccccc1)N(Cc1ccccc1)C(=O)CN(c1ccc(OC)c(Cl)c1)S(=O)(=O)c1ccccc1. The number of carbonyl (C=O) groups is 2. The lowest BCUT2D eigenvalue weighted by Crippen LogP contribution is -2.53. The lowest BCUT2D eigenvalue weighted by atomic mass is 10.0. The van der Waals surface area contributed by atoms with Crippen LogP contribution in [0.1, 0.15) is 11.1 Å². The normalized spacial score (nSPS) is 11.8. The number of carbonyl (C=O) groups excluding carboxylic acids is 2. The van der Waals surface area contributed by atoms with E-state index in [9.17, 15) is 18.0 Å². The maximum Gasteiger partial charge on any atom is 0.264 e. The largest absolute Gasteiger partial charge is 0.495 e. The average Bonchev–Trinajstić information content (AvgIpc) is 3.02. The number of nitrogens with one attached hydrogen (secondary N) is 1. The monoisotopic (exact) mass is 605 g/mol. The van der Waals surface area contributed by atoms with Crippen molar-refractivity contribution >= 4 is 39.1 Å². The quantitative estimate of drug-likeness (QED) is 0.247. The molecule has 0 unspecified atom stereocenters. The number of amides is 2. The van der Waals surface area contributed by atoms with Crippen molar-refractivity contribution in [3.8, 4) is 5.75 Å². The lowest BCUT2D eigenvalue weighted by Gasteiger charge is -2.33. The molecule has 0 bridgehead atoms. The van der Waals surface area contributed by atoms with Gasteiger partial charge < -0.3 is 15.0 Å². The number of hydrogen-bond acceptors (Lipinski definition) is 5. The first-order chi connectivity index (χ1) is 20.2. The van der Waals surface area contributed by atoms with Gasteiger partial charge in [-0.1, -0.05) is 90.5 Å². The number of anilines is 1. The summed E-state index contributed by atoms with van der Waals surface area (Å²) < 4.78 is 34.2. The van der Waals surface area contributed by atoms with Crippen LogP contribution in [0.4, 0.5) is 5.69 Å². The topological polar surface area (TPSA) is 96.0 Å². The van der Waals surface area contributed by atoms with Gasteiger partial charge in [0.1, 0.15) is 18.3 Å². The van der Waals surface area contributed by atoms with Crippen LogP contribution in [-0.4, -0.2) is 51.9 Å². The van der Waals surface area contributed by atoms with E-state index >= 15 is 0 Å². The molecule has 0 saturated carbocycles. The molecule has 4 aromatic rings. The van der Waals surface area contributed by atoms with Crippen LogP contribution >= 0.6 is 11.6 Å². The molecule has 1 atom stereocenters. The van der Waals surface area contributed by atoms with Crippen molar-refractivity contribution < 1.29 is 22.7 Å². The molecule has 10 heteroatoms. The number of sulfonamides is 1. The Morgan fingerprint density at radius 3 is 1.98 bits per heavy atom. The summed E-state index contributed by atoms with van der Waals surface area (Å²) in [5.74, 6) is -0.569. The molecule has 4 rings (SSSR count). The number of nitrogens with zero attached hydrogens (tertiary/aromatic N) is 2. The van der Waals surface area contributed by atoms with Crippen molar-refractivity contribution in [2.45, 2.75) is 23.9 Å². The lowest BCUT2D eigenvalue weighted by molar-refractivity contribution is -0.139. The Morgan fingerprint density at radius 2 is 1.43 bits per heavy atom. The van der Waals surface area contributed by atoms with Gasteiger partial charge in [0.25, 0.3) is 10.0 Å². The minimum atomic E-state index is -4.22. The fourth-order valence-electron chi connectivity index (χ4n) is 4.56. The molecule has 8 nitrogen and oxygen atoms in total. The highest BCUT2D eigenvalue weighted by Gasteiger charge is 2.34. The molecule has 0 saturated heterocycles. The number of halogens is 1. The molecule has 0 radical (unpaired) electrons. The minimum absolute atomic E-state index is 0.00601. The Hall–Kier alpha value is -4.34. The number of ether oxygens (including phenoxy) is 1. The van der Waals surface area contributed by atoms with Crippen molar-refractivity contribution in [3.05, 3.63) is 125 Å². The first kappa shape index (κ1) is 30.6. The van der Waals surface area contributed by atoms with Crippen molar-refractivity contribution in [2.75, 3.05) is 25.0 Å². The maximum absolute atomic E-state index is 14.3. The van der Waals surface area contributed by atoms with E-state index in [1.807, 2.05) is 60.7 Å². The van der Waals surface area contributed by atoms with E-state index in [1.165, 1.54) is 43.3 Å². The highest BCUT2D eigenvalue weighted by atomic mass is 35.5. The van der Waals surface area contributed by atoms with Crippen molar-refractivity contribution in [1.82, 2.24) is 10.2 Å². The van der Waals surface area contributed by atoms with Gasteiger partial charge in [0, 0.05) is 20.0 Å². The van der Waals surface area contributed by atoms with Crippen LogP contribution in [0, 0.1) is 0 Å². The average molecular weight is 606 g/mol. The van der Waals surface area contributed by atoms with E-state index in [4.69, 9.17) is 16.3 Å². The molecule has 0 aliphatic heterocycles. The Balaban J connectivity index is 1.79. The van der Waals surface area contributed by atoms with Crippen molar-refractivity contribution in [1.29, 1.82) is 0 Å². The summed E-state index contributed by atoms with van der Waals surface area (Å²) in [4.78, 5) is 29.0. The number of benzene rings is 4. The smallest absolute Gasteiger partial charge is 0.264 e. The number of hydrogen-bond donors (Lipinski definition) is 1. The summed E-state index contributed by atoms with van der Waals surface area (Å²) in [5, 5.41) is 2.86. The molecule has 0 spiro atoms. The van der Waals surface area contributed by atoms with Gasteiger partial charge in [-0.25, -0.2) is 8.42 Å². The van der Waals surface area contributed by atoms with E-state index in [0.717, 1.165) is 15.4 Å². The zero-order chi connectivity index (χ0) is 30.1. The Bertz CT molecular complexity index is 1600. The highest BCUT2D eigenvalue weighted by molar-refractivity contribution is 7.92. The van der Waals surface area contributed by atoms with Crippen LogP contribution in [0.5, 0.6) is 5.75 Å². The molecule has 0 aromatic heterocycles. The molecule has 0 aliphatic carbocycles. The molecular weight excluding hydrogens is 574 g/mol. The molecule has 1 N–H and O–H groups in total. The molecule has 0 aliphatic rings. The van der Waals surface area contributed by atoms with E-state index in [-0.39, 0.29) is 34.5 Å². The fraction of sp³-hybridized carbons (Fsp3) is 0.188. The van der Waals surface area contributed by atoms with E-state index in [1.54, 1.807) is 24.3 Å². The molecule has 4 aromatic carbocycles. The van der Waals surface area contributed by atoms with Crippen LogP contribution in [0.2, 0.25) is 5.02 Å². The molecule has 42 heavy (non-hydrogen) atoms. The second-order valence-corrected chi connectivity index (χ2v) is 11.7. The third-order valence-electron chi connectivity index (χ3n) is 6.75. The Morgan fingerprint density at radius 1 is 0.857 bits per heavy atom. The maximum atomic E-state index is 14.3. The standard InChI is InChI=1S/C32H32ClN3O5S/c1-34-32(38)29(20-24-12-6-3-7-13-24)35(22-25-14-8-4-9-15-25)31(37)23-36(26-18-19-30(41-2)28(33)21-26)42(39,40)27-16-10-5-11-17-27/h3-19,21,29H,20,22-23H2,1-2H3,(H,34,38)/t29-/m0/s1. The summed E-state index contributed by atoms with van der Waals surface area (Å²) in [7, 11) is -1.25. The number of rotatable bonds is 12. The predicted molar refractivity (Wildman–Crippen MR) is 164 cm³/mol. The Kier molecular flexibility index (Phi) is 10.2. The molecular formula is C32H32ClN3O5S. The van der Waals surface area contributed by atoms with Crippen LogP contribution in [0.15, 0.2) is 114 Å². The van der Waals surface area contributed by atoms with Gasteiger partial charge >= 0.3 is 0 Å². The van der Waals surface area contributed by atoms with Gasteiger partial charge in [0.2, 0.25) is 11.8 Å². The zero-order valence-corrected chi connectivity index (χ0v) is 24.9. The predicted octanol–water partition coefficient (Wildman–Crippen LogP) is 4.93. The Labute approximate surface area is 251 Å². The van der Waals surface area contributed by atoms with E-state index in [0.29, 0.717) is 5.75 Å². The fourth-order valence-corrected chi connectivity index (χ4v) is 6.24. The van der Waals surface area contributed by atoms with Gasteiger partial charge in [-0.15, -0.1) is 0 Å². The van der Waals surface area contributed by atoms with Crippen LogP contribution in [-0.2, 0) is 32.6 Å². The van der Waals surface area contributed by atoms with E-state index in [2.05, 4.69) is 5.32 Å². The molecule has 2 amide bonds. The van der Waals surface area contributed by atoms with Gasteiger partial charge in [-0.3, -0.25) is 13.9 Å². The highest BCUT2D eigenvalue weighted by Crippen LogP contribution is 2.32. The molecule has 0 heterocycles. The zero-order valence-electron chi connectivity index (χ0n) is 23.3. The van der Waals surface area contributed by atoms with Crippen LogP contribution in [0.3, 0.4) is 0 Å². The van der Waals surface area contributed by atoms with Gasteiger partial charge in [0.05, 0.1) is 22.7 Å². The first-order valence-electron chi connectivity index (χ1n) is 13.2. The summed E-state index contributed by atoms with van der Waals surface area (Å²) in [6.07, 6.45) is 0.235. The van der Waals surface area contributed by atoms with E-state index < -0.39 is 28.5 Å². The molecule has 218 valence electrons. The second kappa shape index (κ2) is 14.0. The summed E-state index contributed by atoms with van der Waals surface area (Å²) in [6.45, 7) is -0.484. The van der Waals surface area contributed by atoms with Gasteiger partial charge in [0.15, 0.2) is 0 Å². The number of likely N-dealkylation sites (N-methyl/N-ethyl adjacent to an activating group) is 1. The first-order valence-corrected chi connectivity index (χ1v) is 15.1.